The number of carbonyl (C=O) groups is 1. The van der Waals surface area contributed by atoms with Crippen molar-refractivity contribution in [1.29, 1.82) is 0 Å². The van der Waals surface area contributed by atoms with Crippen LogP contribution in [0.1, 0.15) is 16.8 Å². The number of nitrogens with two attached hydrogens (primary N) is 1. The Kier molecular flexibility index (Phi) is 2.50. The van der Waals surface area contributed by atoms with Gasteiger partial charge in [0.2, 0.25) is 0 Å². The van der Waals surface area contributed by atoms with E-state index in [-0.39, 0.29) is 5.91 Å². The van der Waals surface area contributed by atoms with Gasteiger partial charge in [0.05, 0.1) is 5.57 Å². The number of aromatic nitrogens is 1. The maximum Gasteiger partial charge on any atom is 0.256 e. The van der Waals surface area contributed by atoms with Gasteiger partial charge in [0, 0.05) is 29.7 Å². The Bertz CT molecular complexity index is 626. The normalized spacial score (nSPS) is 15.8. The van der Waals surface area contributed by atoms with Crippen molar-refractivity contribution in [3.8, 4) is 0 Å². The SMILES string of the molecule is NCc1ccc2c(c1)/C(=C/c1ccc[nH]1)C(=O)N2. The van der Waals surface area contributed by atoms with Crippen molar-refractivity contribution in [2.45, 2.75) is 6.54 Å². The molecule has 90 valence electrons. The molecule has 0 aliphatic carbocycles. The second kappa shape index (κ2) is 4.16. The third kappa shape index (κ3) is 1.72. The first-order valence-electron chi connectivity index (χ1n) is 5.78. The predicted octanol–water partition coefficient (Wildman–Crippen LogP) is 1.97. The van der Waals surface area contributed by atoms with Crippen LogP contribution in [0.2, 0.25) is 0 Å². The van der Waals surface area contributed by atoms with E-state index in [1.54, 1.807) is 0 Å². The maximum atomic E-state index is 11.9. The van der Waals surface area contributed by atoms with Crippen LogP contribution >= 0.6 is 0 Å². The van der Waals surface area contributed by atoms with Gasteiger partial charge in [-0.2, -0.15) is 0 Å². The highest BCUT2D eigenvalue weighted by Crippen LogP contribution is 2.33. The molecular formula is C14H13N3O. The van der Waals surface area contributed by atoms with Crippen LogP contribution in [0.5, 0.6) is 0 Å². The number of amides is 1. The van der Waals surface area contributed by atoms with Gasteiger partial charge in [-0.05, 0) is 35.9 Å². The Labute approximate surface area is 105 Å². The van der Waals surface area contributed by atoms with E-state index in [9.17, 15) is 4.79 Å². The largest absolute Gasteiger partial charge is 0.362 e. The molecule has 18 heavy (non-hydrogen) atoms. The fourth-order valence-corrected chi connectivity index (χ4v) is 2.09. The lowest BCUT2D eigenvalue weighted by Gasteiger charge is -2.01. The van der Waals surface area contributed by atoms with Crippen LogP contribution in [-0.2, 0) is 11.3 Å². The van der Waals surface area contributed by atoms with E-state index < -0.39 is 0 Å². The molecule has 0 unspecified atom stereocenters. The highest BCUT2D eigenvalue weighted by Gasteiger charge is 2.24. The Morgan fingerprint density at radius 3 is 2.89 bits per heavy atom. The number of nitrogens with one attached hydrogen (secondary N) is 2. The zero-order valence-corrected chi connectivity index (χ0v) is 9.73. The lowest BCUT2D eigenvalue weighted by molar-refractivity contribution is -0.110. The summed E-state index contributed by atoms with van der Waals surface area (Å²) >= 11 is 0. The van der Waals surface area contributed by atoms with Gasteiger partial charge in [0.1, 0.15) is 0 Å². The summed E-state index contributed by atoms with van der Waals surface area (Å²) in [5.74, 6) is -0.0752. The van der Waals surface area contributed by atoms with Crippen LogP contribution in [0.25, 0.3) is 11.6 Å². The lowest BCUT2D eigenvalue weighted by atomic mass is 10.0. The fraction of sp³-hybridized carbons (Fsp3) is 0.0714. The lowest BCUT2D eigenvalue weighted by Crippen LogP contribution is -2.03. The van der Waals surface area contributed by atoms with Crippen LogP contribution in [0.3, 0.4) is 0 Å². The van der Waals surface area contributed by atoms with Crippen molar-refractivity contribution in [3.63, 3.8) is 0 Å². The van der Waals surface area contributed by atoms with Crippen molar-refractivity contribution >= 4 is 23.2 Å². The Morgan fingerprint density at radius 2 is 2.17 bits per heavy atom. The predicted molar refractivity (Wildman–Crippen MR) is 71.6 cm³/mol. The summed E-state index contributed by atoms with van der Waals surface area (Å²) in [7, 11) is 0. The summed E-state index contributed by atoms with van der Waals surface area (Å²) in [5.41, 5.74) is 9.98. The van der Waals surface area contributed by atoms with Gasteiger partial charge in [-0.15, -0.1) is 0 Å². The molecule has 4 nitrogen and oxygen atoms in total. The monoisotopic (exact) mass is 239 g/mol. The number of fused-ring (bicyclic) bond motifs is 1. The molecule has 0 radical (unpaired) electrons. The van der Waals surface area contributed by atoms with E-state index in [0.717, 1.165) is 22.5 Å². The van der Waals surface area contributed by atoms with Crippen LogP contribution in [0.15, 0.2) is 36.5 Å². The number of hydrogen-bond donors (Lipinski definition) is 3. The van der Waals surface area contributed by atoms with E-state index in [0.29, 0.717) is 12.1 Å². The summed E-state index contributed by atoms with van der Waals surface area (Å²) in [6.45, 7) is 0.469. The molecule has 2 aromatic rings. The summed E-state index contributed by atoms with van der Waals surface area (Å²) in [6, 6.07) is 9.60. The molecule has 0 spiro atoms. The highest BCUT2D eigenvalue weighted by molar-refractivity contribution is 6.34. The number of aromatic amines is 1. The molecular weight excluding hydrogens is 226 g/mol. The molecule has 0 fully saturated rings. The van der Waals surface area contributed by atoms with Gasteiger partial charge in [-0.25, -0.2) is 0 Å². The van der Waals surface area contributed by atoms with Crippen LogP contribution < -0.4 is 11.1 Å². The minimum atomic E-state index is -0.0752. The number of benzene rings is 1. The molecule has 0 atom stereocenters. The average molecular weight is 239 g/mol. The third-order valence-corrected chi connectivity index (χ3v) is 3.02. The molecule has 2 heterocycles. The average Bonchev–Trinajstić information content (AvgIpc) is 2.99. The number of rotatable bonds is 2. The van der Waals surface area contributed by atoms with Crippen molar-refractivity contribution in [2.75, 3.05) is 5.32 Å². The Morgan fingerprint density at radius 1 is 1.28 bits per heavy atom. The zero-order chi connectivity index (χ0) is 12.5. The minimum absolute atomic E-state index is 0.0752. The number of carbonyl (C=O) groups excluding carboxylic acids is 1. The van der Waals surface area contributed by atoms with E-state index in [1.807, 2.05) is 42.6 Å². The quantitative estimate of drug-likeness (QED) is 0.701. The zero-order valence-electron chi connectivity index (χ0n) is 9.73. The van der Waals surface area contributed by atoms with Gasteiger partial charge in [-0.3, -0.25) is 4.79 Å². The number of H-pyrrole nitrogens is 1. The maximum absolute atomic E-state index is 11.9. The first-order chi connectivity index (χ1) is 8.78. The molecule has 1 aliphatic rings. The van der Waals surface area contributed by atoms with Crippen molar-refractivity contribution in [1.82, 2.24) is 4.98 Å². The first kappa shape index (κ1) is 10.8. The van der Waals surface area contributed by atoms with Gasteiger partial charge in [-0.1, -0.05) is 6.07 Å². The first-order valence-corrected chi connectivity index (χ1v) is 5.78. The molecule has 0 saturated heterocycles. The highest BCUT2D eigenvalue weighted by atomic mass is 16.2. The van der Waals surface area contributed by atoms with Crippen LogP contribution in [-0.4, -0.2) is 10.9 Å². The summed E-state index contributed by atoms with van der Waals surface area (Å²) < 4.78 is 0. The van der Waals surface area contributed by atoms with Gasteiger partial charge in [0.15, 0.2) is 0 Å². The van der Waals surface area contributed by atoms with Crippen molar-refractivity contribution in [2.24, 2.45) is 5.73 Å². The van der Waals surface area contributed by atoms with Crippen LogP contribution in [0.4, 0.5) is 5.69 Å². The Hall–Kier alpha value is -2.33. The van der Waals surface area contributed by atoms with Gasteiger partial charge < -0.3 is 16.0 Å². The molecule has 1 aromatic heterocycles. The van der Waals surface area contributed by atoms with E-state index in [1.165, 1.54) is 0 Å². The smallest absolute Gasteiger partial charge is 0.256 e. The molecule has 0 saturated carbocycles. The van der Waals surface area contributed by atoms with Crippen LogP contribution in [0, 0.1) is 0 Å². The van der Waals surface area contributed by atoms with E-state index in [4.69, 9.17) is 5.73 Å². The summed E-state index contributed by atoms with van der Waals surface area (Å²) in [6.07, 6.45) is 3.68. The molecule has 4 N–H and O–H groups in total. The minimum Gasteiger partial charge on any atom is -0.362 e. The van der Waals surface area contributed by atoms with Crippen molar-refractivity contribution in [3.05, 3.63) is 53.3 Å². The molecule has 3 rings (SSSR count). The van der Waals surface area contributed by atoms with Gasteiger partial charge >= 0.3 is 0 Å². The number of anilines is 1. The molecule has 4 heteroatoms. The van der Waals surface area contributed by atoms with Gasteiger partial charge in [0.25, 0.3) is 5.91 Å². The Balaban J connectivity index is 2.10. The third-order valence-electron chi connectivity index (χ3n) is 3.02. The molecule has 0 bridgehead atoms. The fourth-order valence-electron chi connectivity index (χ4n) is 2.09. The summed E-state index contributed by atoms with van der Waals surface area (Å²) in [4.78, 5) is 15.0. The molecule has 1 aromatic carbocycles. The van der Waals surface area contributed by atoms with E-state index >= 15 is 0 Å². The standard InChI is InChI=1S/C14H13N3O/c15-8-9-3-4-13-11(6-9)12(14(18)17-13)7-10-2-1-5-16-10/h1-7,16H,8,15H2,(H,17,18)/b12-7-. The second-order valence-corrected chi connectivity index (χ2v) is 4.22. The topological polar surface area (TPSA) is 70.9 Å². The van der Waals surface area contributed by atoms with E-state index in [2.05, 4.69) is 10.3 Å². The van der Waals surface area contributed by atoms with Crippen molar-refractivity contribution < 1.29 is 4.79 Å². The second-order valence-electron chi connectivity index (χ2n) is 4.22. The molecule has 1 aliphatic heterocycles. The summed E-state index contributed by atoms with van der Waals surface area (Å²) in [5, 5.41) is 2.85. The molecule has 1 amide bonds. The number of hydrogen-bond acceptors (Lipinski definition) is 2.